The van der Waals surface area contributed by atoms with Crippen LogP contribution in [0, 0.1) is 5.92 Å². The molecule has 2 saturated heterocycles. The molecule has 6 heteroatoms. The summed E-state index contributed by atoms with van der Waals surface area (Å²) < 4.78 is 5.39. The Hall–Kier alpha value is -0.690. The summed E-state index contributed by atoms with van der Waals surface area (Å²) in [6.45, 7) is 4.86. The molecule has 6 nitrogen and oxygen atoms in total. The molecule has 2 aliphatic heterocycles. The SMILES string of the molecule is CCC(CC)C(=O)O[C@H]1CN2CC[C@H](O)[C@@H]2[C@@H](O)[C@@H]1O. The summed E-state index contributed by atoms with van der Waals surface area (Å²) in [5, 5.41) is 30.0. The van der Waals surface area contributed by atoms with Crippen LogP contribution in [0.2, 0.25) is 0 Å². The Bertz CT molecular complexity index is 346. The number of aliphatic hydroxyl groups excluding tert-OH is 3. The van der Waals surface area contributed by atoms with Gasteiger partial charge in [0.15, 0.2) is 0 Å². The van der Waals surface area contributed by atoms with Crippen LogP contribution in [0.25, 0.3) is 0 Å². The van der Waals surface area contributed by atoms with Crippen LogP contribution in [0.3, 0.4) is 0 Å². The Kier molecular flexibility index (Phi) is 5.01. The van der Waals surface area contributed by atoms with Crippen LogP contribution in [-0.4, -0.2) is 69.7 Å². The van der Waals surface area contributed by atoms with Gasteiger partial charge >= 0.3 is 5.97 Å². The van der Waals surface area contributed by atoms with Crippen molar-refractivity contribution in [3.05, 3.63) is 0 Å². The number of piperidine rings is 1. The normalized spacial score (nSPS) is 38.0. The number of hydrogen-bond acceptors (Lipinski definition) is 6. The lowest BCUT2D eigenvalue weighted by atomic mass is 9.92. The molecule has 0 aliphatic carbocycles. The fraction of sp³-hybridized carbons (Fsp3) is 0.929. The van der Waals surface area contributed by atoms with Gasteiger partial charge in [0.25, 0.3) is 0 Å². The highest BCUT2D eigenvalue weighted by molar-refractivity contribution is 5.72. The van der Waals surface area contributed by atoms with E-state index in [1.807, 2.05) is 18.7 Å². The molecule has 20 heavy (non-hydrogen) atoms. The Labute approximate surface area is 119 Å². The van der Waals surface area contributed by atoms with Crippen LogP contribution in [0.4, 0.5) is 0 Å². The molecular weight excluding hydrogens is 262 g/mol. The van der Waals surface area contributed by atoms with Crippen molar-refractivity contribution >= 4 is 5.97 Å². The van der Waals surface area contributed by atoms with Crippen molar-refractivity contribution in [1.82, 2.24) is 4.90 Å². The maximum Gasteiger partial charge on any atom is 0.309 e. The smallest absolute Gasteiger partial charge is 0.309 e. The number of ether oxygens (including phenoxy) is 1. The molecule has 0 saturated carbocycles. The maximum absolute atomic E-state index is 12.0. The number of esters is 1. The molecule has 0 spiro atoms. The van der Waals surface area contributed by atoms with Crippen molar-refractivity contribution in [2.45, 2.75) is 63.6 Å². The molecule has 0 bridgehead atoms. The summed E-state index contributed by atoms with van der Waals surface area (Å²) in [6.07, 6.45) is -1.60. The third-order valence-corrected chi connectivity index (χ3v) is 4.61. The molecule has 2 fully saturated rings. The second-order valence-electron chi connectivity index (χ2n) is 5.81. The Morgan fingerprint density at radius 2 is 1.90 bits per heavy atom. The molecule has 3 N–H and O–H groups in total. The quantitative estimate of drug-likeness (QED) is 0.604. The van der Waals surface area contributed by atoms with E-state index in [1.54, 1.807) is 0 Å². The summed E-state index contributed by atoms with van der Waals surface area (Å²) in [5.74, 6) is -0.481. The zero-order valence-electron chi connectivity index (χ0n) is 12.1. The third kappa shape index (κ3) is 2.83. The minimum Gasteiger partial charge on any atom is -0.458 e. The van der Waals surface area contributed by atoms with Crippen molar-refractivity contribution in [2.75, 3.05) is 13.1 Å². The number of rotatable bonds is 4. The predicted molar refractivity (Wildman–Crippen MR) is 72.0 cm³/mol. The minimum atomic E-state index is -1.14. The monoisotopic (exact) mass is 287 g/mol. The van der Waals surface area contributed by atoms with Gasteiger partial charge < -0.3 is 20.1 Å². The van der Waals surface area contributed by atoms with Crippen molar-refractivity contribution in [3.8, 4) is 0 Å². The molecule has 5 atom stereocenters. The van der Waals surface area contributed by atoms with Crippen molar-refractivity contribution < 1.29 is 24.9 Å². The largest absolute Gasteiger partial charge is 0.458 e. The van der Waals surface area contributed by atoms with Crippen LogP contribution in [0.1, 0.15) is 33.1 Å². The first-order valence-electron chi connectivity index (χ1n) is 7.48. The molecule has 0 radical (unpaired) electrons. The van der Waals surface area contributed by atoms with E-state index in [9.17, 15) is 20.1 Å². The van der Waals surface area contributed by atoms with Crippen LogP contribution in [0.5, 0.6) is 0 Å². The summed E-state index contributed by atoms with van der Waals surface area (Å²) in [6, 6.07) is -0.451. The molecule has 0 aromatic heterocycles. The van der Waals surface area contributed by atoms with Gasteiger partial charge in [0, 0.05) is 13.1 Å². The topological polar surface area (TPSA) is 90.2 Å². The summed E-state index contributed by atoms with van der Waals surface area (Å²) in [5.41, 5.74) is 0. The van der Waals surface area contributed by atoms with E-state index >= 15 is 0 Å². The third-order valence-electron chi connectivity index (χ3n) is 4.61. The van der Waals surface area contributed by atoms with E-state index in [2.05, 4.69) is 0 Å². The Morgan fingerprint density at radius 1 is 1.25 bits per heavy atom. The first-order chi connectivity index (χ1) is 9.49. The molecule has 2 aliphatic rings. The maximum atomic E-state index is 12.0. The van der Waals surface area contributed by atoms with Gasteiger partial charge in [-0.25, -0.2) is 0 Å². The van der Waals surface area contributed by atoms with Gasteiger partial charge in [0.2, 0.25) is 0 Å². The summed E-state index contributed by atoms with van der Waals surface area (Å²) in [4.78, 5) is 13.9. The van der Waals surface area contributed by atoms with E-state index in [1.165, 1.54) is 0 Å². The fourth-order valence-corrected chi connectivity index (χ4v) is 3.25. The van der Waals surface area contributed by atoms with Gasteiger partial charge in [-0.2, -0.15) is 0 Å². The van der Waals surface area contributed by atoms with Gasteiger partial charge in [0.05, 0.1) is 18.1 Å². The van der Waals surface area contributed by atoms with Crippen LogP contribution < -0.4 is 0 Å². The first-order valence-corrected chi connectivity index (χ1v) is 7.48. The predicted octanol–water partition coefficient (Wildman–Crippen LogP) is -0.495. The van der Waals surface area contributed by atoms with E-state index in [4.69, 9.17) is 4.74 Å². The highest BCUT2D eigenvalue weighted by atomic mass is 16.6. The number of carbonyl (C=O) groups is 1. The average Bonchev–Trinajstić information content (AvgIpc) is 2.78. The molecule has 0 aromatic rings. The highest BCUT2D eigenvalue weighted by Gasteiger charge is 2.49. The van der Waals surface area contributed by atoms with E-state index in [0.29, 0.717) is 32.4 Å². The lowest BCUT2D eigenvalue weighted by Gasteiger charge is -2.42. The lowest BCUT2D eigenvalue weighted by molar-refractivity contribution is -0.182. The standard InChI is InChI=1S/C14H25NO5/c1-3-8(4-2)14(19)20-10-7-15-6-5-9(16)11(15)13(18)12(10)17/h8-13,16-18H,3-7H2,1-2H3/t9-,10-,11+,12+,13+/m0/s1. The lowest BCUT2D eigenvalue weighted by Crippen LogP contribution is -2.62. The second-order valence-corrected chi connectivity index (χ2v) is 5.81. The number of nitrogens with zero attached hydrogens (tertiary/aromatic N) is 1. The average molecular weight is 287 g/mol. The number of hydrogen-bond donors (Lipinski definition) is 3. The van der Waals surface area contributed by atoms with Gasteiger partial charge in [-0.1, -0.05) is 13.8 Å². The number of aliphatic hydroxyl groups is 3. The summed E-state index contributed by atoms with van der Waals surface area (Å²) >= 11 is 0. The van der Waals surface area contributed by atoms with Crippen LogP contribution >= 0.6 is 0 Å². The molecule has 0 aromatic carbocycles. The van der Waals surface area contributed by atoms with Crippen molar-refractivity contribution in [3.63, 3.8) is 0 Å². The fourth-order valence-electron chi connectivity index (χ4n) is 3.25. The van der Waals surface area contributed by atoms with Crippen LogP contribution in [0.15, 0.2) is 0 Å². The molecule has 2 rings (SSSR count). The van der Waals surface area contributed by atoms with E-state index < -0.39 is 30.5 Å². The van der Waals surface area contributed by atoms with Crippen molar-refractivity contribution in [2.24, 2.45) is 5.92 Å². The molecule has 116 valence electrons. The molecular formula is C14H25NO5. The van der Waals surface area contributed by atoms with Crippen molar-refractivity contribution in [1.29, 1.82) is 0 Å². The van der Waals surface area contributed by atoms with Gasteiger partial charge in [0.1, 0.15) is 18.3 Å². The molecule has 0 unspecified atom stereocenters. The van der Waals surface area contributed by atoms with Gasteiger partial charge in [-0.15, -0.1) is 0 Å². The number of carbonyl (C=O) groups excluding carboxylic acids is 1. The van der Waals surface area contributed by atoms with E-state index in [-0.39, 0.29) is 11.9 Å². The Balaban J connectivity index is 2.01. The Morgan fingerprint density at radius 3 is 2.50 bits per heavy atom. The van der Waals surface area contributed by atoms with Crippen LogP contribution in [-0.2, 0) is 9.53 Å². The van der Waals surface area contributed by atoms with E-state index in [0.717, 1.165) is 0 Å². The number of fused-ring (bicyclic) bond motifs is 1. The van der Waals surface area contributed by atoms with Gasteiger partial charge in [-0.3, -0.25) is 9.69 Å². The highest BCUT2D eigenvalue weighted by Crippen LogP contribution is 2.29. The zero-order chi connectivity index (χ0) is 14.9. The summed E-state index contributed by atoms with van der Waals surface area (Å²) in [7, 11) is 0. The second kappa shape index (κ2) is 6.39. The zero-order valence-corrected chi connectivity index (χ0v) is 12.1. The van der Waals surface area contributed by atoms with Gasteiger partial charge in [-0.05, 0) is 19.3 Å². The first kappa shape index (κ1) is 15.7. The minimum absolute atomic E-state index is 0.166. The molecule has 2 heterocycles. The molecule has 0 amide bonds.